The van der Waals surface area contributed by atoms with Crippen molar-refractivity contribution in [2.24, 2.45) is 0 Å². The van der Waals surface area contributed by atoms with E-state index >= 15 is 0 Å². The van der Waals surface area contributed by atoms with Gasteiger partial charge in [0.15, 0.2) is 0 Å². The van der Waals surface area contributed by atoms with Crippen molar-refractivity contribution >= 4 is 26.2 Å². The summed E-state index contributed by atoms with van der Waals surface area (Å²) < 4.78 is 0. The van der Waals surface area contributed by atoms with Gasteiger partial charge in [0.1, 0.15) is 0 Å². The number of nitrogen functional groups attached to an aromatic ring is 1. The number of anilines is 1. The van der Waals surface area contributed by atoms with Crippen LogP contribution in [0.3, 0.4) is 0 Å². The fraction of sp³-hybridized carbons (Fsp3) is 0.500. The molecule has 1 nitrogen and oxygen atoms in total. The Morgan fingerprint density at radius 3 is 1.69 bits per heavy atom. The van der Waals surface area contributed by atoms with Crippen molar-refractivity contribution in [1.29, 1.82) is 0 Å². The summed E-state index contributed by atoms with van der Waals surface area (Å²) in [5.74, 6) is 0. The zero-order valence-electron chi connectivity index (χ0n) is 10.2. The Kier molecular flexibility index (Phi) is 13.9. The van der Waals surface area contributed by atoms with E-state index in [4.69, 9.17) is 18.4 Å². The number of hydrogen-bond acceptors (Lipinski definition) is 2. The van der Waals surface area contributed by atoms with E-state index < -0.39 is 0 Å². The van der Waals surface area contributed by atoms with Crippen molar-refractivity contribution in [2.45, 2.75) is 25.7 Å². The molecule has 0 aliphatic rings. The molecule has 1 aromatic carbocycles. The Balaban J connectivity index is 0. The van der Waals surface area contributed by atoms with Gasteiger partial charge in [-0.3, -0.25) is 0 Å². The molecular formula is C12H21AuNPS. The second-order valence-corrected chi connectivity index (χ2v) is 6.84. The third-order valence-electron chi connectivity index (χ3n) is 2.26. The first-order valence-corrected chi connectivity index (χ1v) is 7.70. The molecule has 0 amide bonds. The molecule has 0 aliphatic carbocycles. The first kappa shape index (κ1) is 18.8. The molecule has 1 aromatic rings. The Hall–Kier alpha value is 0.410. The maximum absolute atomic E-state index is 5.42. The summed E-state index contributed by atoms with van der Waals surface area (Å²) in [6.45, 7) is 6.87. The van der Waals surface area contributed by atoms with E-state index in [0.717, 1.165) is 4.90 Å². The minimum Gasteiger partial charge on any atom is -0.778 e. The van der Waals surface area contributed by atoms with Gasteiger partial charge in [-0.25, -0.2) is 0 Å². The van der Waals surface area contributed by atoms with Crippen LogP contribution in [0.4, 0.5) is 5.69 Å². The first-order chi connectivity index (χ1) is 7.15. The molecule has 0 unspecified atom stereocenters. The molecule has 16 heavy (non-hydrogen) atoms. The van der Waals surface area contributed by atoms with E-state index in [1.165, 1.54) is 18.5 Å². The third-order valence-corrected chi connectivity index (χ3v) is 5.32. The number of hydrogen-bond donors (Lipinski definition) is 1. The maximum atomic E-state index is 5.42. The summed E-state index contributed by atoms with van der Waals surface area (Å²) in [6, 6.07) is 7.34. The Bertz CT molecular complexity index is 240. The second-order valence-electron chi connectivity index (χ2n) is 3.16. The second kappa shape index (κ2) is 11.9. The van der Waals surface area contributed by atoms with Gasteiger partial charge in [0.2, 0.25) is 0 Å². The quantitative estimate of drug-likeness (QED) is 0.337. The van der Waals surface area contributed by atoms with Crippen molar-refractivity contribution < 1.29 is 22.4 Å². The van der Waals surface area contributed by atoms with Crippen LogP contribution in [0, 0.1) is 0 Å². The van der Waals surface area contributed by atoms with Crippen LogP contribution in [0.15, 0.2) is 29.2 Å². The molecule has 96 valence electrons. The molecule has 0 bridgehead atoms. The standard InChI is InChI=1S/C6H7NS.C6H15P.Au/c7-5-3-1-2-4-6(5)8;1-4-7(5-2)6-3;/h1-4,8H,7H2;4-6H2,1-3H3;/q;;+1/p-1. The molecule has 0 spiro atoms. The molecule has 0 fully saturated rings. The van der Waals surface area contributed by atoms with Crippen LogP contribution in [0.2, 0.25) is 0 Å². The topological polar surface area (TPSA) is 26.0 Å². The summed E-state index contributed by atoms with van der Waals surface area (Å²) in [7, 11) is 0.446. The monoisotopic (exact) mass is 439 g/mol. The minimum absolute atomic E-state index is 0. The SMILES string of the molecule is CCP(CC)CC.Nc1ccccc1[S-].[Au+]. The Morgan fingerprint density at radius 2 is 1.50 bits per heavy atom. The molecule has 2 N–H and O–H groups in total. The summed E-state index contributed by atoms with van der Waals surface area (Å²) in [5, 5.41) is 0. The van der Waals surface area contributed by atoms with Gasteiger partial charge in [0.05, 0.1) is 0 Å². The van der Waals surface area contributed by atoms with Gasteiger partial charge in [-0.15, -0.1) is 7.92 Å². The van der Waals surface area contributed by atoms with Gasteiger partial charge in [-0.1, -0.05) is 39.0 Å². The van der Waals surface area contributed by atoms with E-state index in [2.05, 4.69) is 20.8 Å². The van der Waals surface area contributed by atoms with Crippen LogP contribution >= 0.6 is 7.92 Å². The van der Waals surface area contributed by atoms with Crippen LogP contribution < -0.4 is 5.73 Å². The minimum atomic E-state index is 0. The van der Waals surface area contributed by atoms with E-state index in [9.17, 15) is 0 Å². The number of rotatable bonds is 3. The van der Waals surface area contributed by atoms with E-state index in [1.807, 2.05) is 18.2 Å². The average Bonchev–Trinajstić information content (AvgIpc) is 2.26. The van der Waals surface area contributed by atoms with Gasteiger partial charge in [0.25, 0.3) is 0 Å². The molecule has 1 rings (SSSR count). The van der Waals surface area contributed by atoms with E-state index in [1.54, 1.807) is 6.07 Å². The molecule has 0 atom stereocenters. The van der Waals surface area contributed by atoms with Crippen LogP contribution in [0.1, 0.15) is 20.8 Å². The average molecular weight is 439 g/mol. The molecule has 0 heterocycles. The summed E-state index contributed by atoms with van der Waals surface area (Å²) in [4.78, 5) is 0.729. The summed E-state index contributed by atoms with van der Waals surface area (Å²) in [6.07, 6.45) is 4.26. The van der Waals surface area contributed by atoms with Crippen LogP contribution in [0.5, 0.6) is 0 Å². The number of benzene rings is 1. The van der Waals surface area contributed by atoms with Crippen molar-refractivity contribution in [2.75, 3.05) is 24.2 Å². The number of nitrogens with two attached hydrogens (primary N) is 1. The van der Waals surface area contributed by atoms with Crippen LogP contribution in [-0.2, 0) is 35.0 Å². The van der Waals surface area contributed by atoms with Crippen molar-refractivity contribution in [3.05, 3.63) is 24.3 Å². The fourth-order valence-corrected chi connectivity index (χ4v) is 2.64. The predicted molar refractivity (Wildman–Crippen MR) is 75.0 cm³/mol. The molecule has 0 aliphatic heterocycles. The molecule has 0 radical (unpaired) electrons. The van der Waals surface area contributed by atoms with Gasteiger partial charge >= 0.3 is 22.4 Å². The van der Waals surface area contributed by atoms with Crippen molar-refractivity contribution in [3.8, 4) is 0 Å². The van der Waals surface area contributed by atoms with E-state index in [-0.39, 0.29) is 22.4 Å². The van der Waals surface area contributed by atoms with Gasteiger partial charge < -0.3 is 18.4 Å². The predicted octanol–water partition coefficient (Wildman–Crippen LogP) is 3.70. The first-order valence-electron chi connectivity index (χ1n) is 5.39. The molecule has 0 saturated carbocycles. The fourth-order valence-electron chi connectivity index (χ4n) is 1.15. The Labute approximate surface area is 122 Å². The summed E-state index contributed by atoms with van der Waals surface area (Å²) in [5.41, 5.74) is 6.10. The third kappa shape index (κ3) is 8.55. The molecule has 0 saturated heterocycles. The molecule has 4 heteroatoms. The molecular weight excluding hydrogens is 418 g/mol. The largest absolute Gasteiger partial charge is 1.00 e. The van der Waals surface area contributed by atoms with Gasteiger partial charge in [0, 0.05) is 5.69 Å². The maximum Gasteiger partial charge on any atom is 1.00 e. The van der Waals surface area contributed by atoms with Gasteiger partial charge in [-0.05, 0) is 24.6 Å². The normalized spacial score (nSPS) is 9.00. The van der Waals surface area contributed by atoms with Crippen molar-refractivity contribution in [1.82, 2.24) is 0 Å². The van der Waals surface area contributed by atoms with Gasteiger partial charge in [-0.2, -0.15) is 4.90 Å². The van der Waals surface area contributed by atoms with E-state index in [0.29, 0.717) is 13.6 Å². The number of para-hydroxylation sites is 1. The zero-order chi connectivity index (χ0) is 11.7. The Morgan fingerprint density at radius 1 is 1.06 bits per heavy atom. The smallest absolute Gasteiger partial charge is 0.778 e. The van der Waals surface area contributed by atoms with Crippen molar-refractivity contribution in [3.63, 3.8) is 0 Å². The summed E-state index contributed by atoms with van der Waals surface area (Å²) >= 11 is 4.83. The molecule has 0 aromatic heterocycles. The van der Waals surface area contributed by atoms with Crippen LogP contribution in [0.25, 0.3) is 0 Å². The zero-order valence-corrected chi connectivity index (χ0v) is 14.0. The van der Waals surface area contributed by atoms with Crippen LogP contribution in [-0.4, -0.2) is 18.5 Å².